The zero-order chi connectivity index (χ0) is 26.3. The lowest BCUT2D eigenvalue weighted by atomic mass is 9.72. The fourth-order valence-electron chi connectivity index (χ4n) is 5.69. The minimum atomic E-state index is -0.832. The normalized spacial score (nSPS) is 14.6. The van der Waals surface area contributed by atoms with Crippen molar-refractivity contribution in [3.8, 4) is 5.75 Å². The van der Waals surface area contributed by atoms with Crippen LogP contribution >= 0.6 is 0 Å². The van der Waals surface area contributed by atoms with Gasteiger partial charge in [0.2, 0.25) is 0 Å². The molecule has 3 nitrogen and oxygen atoms in total. The van der Waals surface area contributed by atoms with Crippen LogP contribution in [-0.4, -0.2) is 26.3 Å². The first-order chi connectivity index (χ1) is 17.9. The van der Waals surface area contributed by atoms with E-state index in [9.17, 15) is 8.78 Å². The molecule has 1 aliphatic heterocycles. The first kappa shape index (κ1) is 27.3. The highest BCUT2D eigenvalue weighted by atomic mass is 19.1. The fraction of sp³-hybridized carbons (Fsp3) is 0.438. The van der Waals surface area contributed by atoms with Gasteiger partial charge in [0.05, 0.1) is 6.61 Å². The van der Waals surface area contributed by atoms with Gasteiger partial charge in [-0.05, 0) is 111 Å². The predicted molar refractivity (Wildman–Crippen MR) is 145 cm³/mol. The second kappa shape index (κ2) is 12.7. The van der Waals surface area contributed by atoms with Gasteiger partial charge in [-0.25, -0.2) is 8.78 Å². The van der Waals surface area contributed by atoms with Gasteiger partial charge in [-0.2, -0.15) is 0 Å². The minimum absolute atomic E-state index is 0.144. The van der Waals surface area contributed by atoms with Crippen molar-refractivity contribution in [2.45, 2.75) is 58.5 Å². The molecular formula is C32H39F2NO2. The average molecular weight is 508 g/mol. The second-order valence-electron chi connectivity index (χ2n) is 10.1. The summed E-state index contributed by atoms with van der Waals surface area (Å²) in [7, 11) is 0. The molecule has 0 aromatic heterocycles. The predicted octanol–water partition coefficient (Wildman–Crippen LogP) is 7.26. The summed E-state index contributed by atoms with van der Waals surface area (Å²) >= 11 is 0. The summed E-state index contributed by atoms with van der Waals surface area (Å²) in [6, 6.07) is 17.5. The van der Waals surface area contributed by atoms with Gasteiger partial charge in [0.25, 0.3) is 0 Å². The molecule has 1 saturated heterocycles. The van der Waals surface area contributed by atoms with Crippen LogP contribution in [0.2, 0.25) is 0 Å². The molecule has 3 aromatic carbocycles. The molecule has 1 N–H and O–H groups in total. The van der Waals surface area contributed by atoms with Gasteiger partial charge >= 0.3 is 0 Å². The molecule has 0 bridgehead atoms. The average Bonchev–Trinajstić information content (AvgIpc) is 2.90. The number of piperidine rings is 1. The Balaban J connectivity index is 1.60. The lowest BCUT2D eigenvalue weighted by Gasteiger charge is -2.43. The van der Waals surface area contributed by atoms with Crippen molar-refractivity contribution in [3.05, 3.63) is 100 Å². The lowest BCUT2D eigenvalue weighted by molar-refractivity contribution is -0.0784. The SMILES string of the molecule is CCCCc1cc(C)c(OCCOC(c2ccc(F)cc2)(c2ccc(F)cc2)C2CCNCC2)c(C)c1. The molecule has 1 heterocycles. The van der Waals surface area contributed by atoms with E-state index in [2.05, 4.69) is 38.2 Å². The molecule has 0 aliphatic carbocycles. The molecular weight excluding hydrogens is 468 g/mol. The Kier molecular flexibility index (Phi) is 9.33. The Morgan fingerprint density at radius 1 is 0.838 bits per heavy atom. The van der Waals surface area contributed by atoms with Gasteiger partial charge in [-0.1, -0.05) is 49.7 Å². The Labute approximate surface area is 220 Å². The number of unbranched alkanes of at least 4 members (excludes halogenated alkanes) is 1. The van der Waals surface area contributed by atoms with Gasteiger partial charge < -0.3 is 14.8 Å². The van der Waals surface area contributed by atoms with E-state index in [-0.39, 0.29) is 17.6 Å². The van der Waals surface area contributed by atoms with Crippen molar-refractivity contribution in [2.24, 2.45) is 5.92 Å². The highest BCUT2D eigenvalue weighted by molar-refractivity contribution is 5.43. The van der Waals surface area contributed by atoms with Crippen molar-refractivity contribution < 1.29 is 18.3 Å². The molecule has 198 valence electrons. The number of halogens is 2. The summed E-state index contributed by atoms with van der Waals surface area (Å²) in [5.74, 6) is 0.461. The highest BCUT2D eigenvalue weighted by Gasteiger charge is 2.43. The van der Waals surface area contributed by atoms with Crippen LogP contribution in [0.25, 0.3) is 0 Å². The Morgan fingerprint density at radius 2 is 1.38 bits per heavy atom. The van der Waals surface area contributed by atoms with Crippen molar-refractivity contribution >= 4 is 0 Å². The van der Waals surface area contributed by atoms with Crippen molar-refractivity contribution in [3.63, 3.8) is 0 Å². The zero-order valence-electron chi connectivity index (χ0n) is 22.3. The van der Waals surface area contributed by atoms with Crippen molar-refractivity contribution in [1.29, 1.82) is 0 Å². The molecule has 0 radical (unpaired) electrons. The summed E-state index contributed by atoms with van der Waals surface area (Å²) in [4.78, 5) is 0. The molecule has 5 heteroatoms. The maximum Gasteiger partial charge on any atom is 0.125 e. The van der Waals surface area contributed by atoms with Crippen LogP contribution in [0, 0.1) is 31.4 Å². The van der Waals surface area contributed by atoms with Crippen LogP contribution in [0.3, 0.4) is 0 Å². The zero-order valence-corrected chi connectivity index (χ0v) is 22.3. The first-order valence-electron chi connectivity index (χ1n) is 13.5. The summed E-state index contributed by atoms with van der Waals surface area (Å²) in [5.41, 5.74) is 4.53. The van der Waals surface area contributed by atoms with E-state index in [4.69, 9.17) is 9.47 Å². The van der Waals surface area contributed by atoms with Crippen LogP contribution in [0.15, 0.2) is 60.7 Å². The molecule has 1 fully saturated rings. The number of nitrogens with one attached hydrogen (secondary N) is 1. The molecule has 3 aromatic rings. The van der Waals surface area contributed by atoms with Gasteiger partial charge in [-0.3, -0.25) is 0 Å². The van der Waals surface area contributed by atoms with Gasteiger partial charge in [0, 0.05) is 0 Å². The smallest absolute Gasteiger partial charge is 0.125 e. The number of benzene rings is 3. The number of hydrogen-bond donors (Lipinski definition) is 1. The molecule has 37 heavy (non-hydrogen) atoms. The minimum Gasteiger partial charge on any atom is -0.491 e. The third kappa shape index (κ3) is 6.39. The van der Waals surface area contributed by atoms with Crippen molar-refractivity contribution in [2.75, 3.05) is 26.3 Å². The van der Waals surface area contributed by atoms with E-state index in [0.717, 1.165) is 60.4 Å². The third-order valence-corrected chi connectivity index (χ3v) is 7.46. The van der Waals surface area contributed by atoms with Crippen molar-refractivity contribution in [1.82, 2.24) is 5.32 Å². The van der Waals surface area contributed by atoms with Crippen LogP contribution in [0.4, 0.5) is 8.78 Å². The van der Waals surface area contributed by atoms with Crippen LogP contribution in [0.5, 0.6) is 5.75 Å². The fourth-order valence-corrected chi connectivity index (χ4v) is 5.69. The summed E-state index contributed by atoms with van der Waals surface area (Å²) in [6.07, 6.45) is 5.23. The molecule has 0 atom stereocenters. The Morgan fingerprint density at radius 3 is 1.89 bits per heavy atom. The molecule has 4 rings (SSSR count). The molecule has 0 unspecified atom stereocenters. The highest BCUT2D eigenvalue weighted by Crippen LogP contribution is 2.44. The van der Waals surface area contributed by atoms with Crippen LogP contribution in [0.1, 0.15) is 60.4 Å². The maximum absolute atomic E-state index is 13.9. The first-order valence-corrected chi connectivity index (χ1v) is 13.5. The number of hydrogen-bond acceptors (Lipinski definition) is 3. The Hall–Kier alpha value is -2.76. The molecule has 1 aliphatic rings. The lowest BCUT2D eigenvalue weighted by Crippen LogP contribution is -2.45. The van der Waals surface area contributed by atoms with Crippen LogP contribution in [-0.2, 0) is 16.8 Å². The topological polar surface area (TPSA) is 30.5 Å². The number of rotatable bonds is 11. The largest absolute Gasteiger partial charge is 0.491 e. The third-order valence-electron chi connectivity index (χ3n) is 7.46. The Bertz CT molecular complexity index is 1070. The van der Waals surface area contributed by atoms with E-state index in [1.807, 2.05) is 0 Å². The monoisotopic (exact) mass is 507 g/mol. The van der Waals surface area contributed by atoms with E-state index in [1.165, 1.54) is 42.7 Å². The molecule has 0 spiro atoms. The van der Waals surface area contributed by atoms with E-state index < -0.39 is 5.60 Å². The summed E-state index contributed by atoms with van der Waals surface area (Å²) < 4.78 is 40.9. The molecule has 0 amide bonds. The quantitative estimate of drug-likeness (QED) is 0.277. The van der Waals surface area contributed by atoms with Gasteiger partial charge in [0.15, 0.2) is 0 Å². The van der Waals surface area contributed by atoms with Gasteiger partial charge in [-0.15, -0.1) is 0 Å². The second-order valence-corrected chi connectivity index (χ2v) is 10.1. The number of aryl methyl sites for hydroxylation is 3. The summed E-state index contributed by atoms with van der Waals surface area (Å²) in [5, 5.41) is 3.43. The van der Waals surface area contributed by atoms with E-state index >= 15 is 0 Å². The van der Waals surface area contributed by atoms with Gasteiger partial charge in [0.1, 0.15) is 29.6 Å². The summed E-state index contributed by atoms with van der Waals surface area (Å²) in [6.45, 7) is 8.86. The van der Waals surface area contributed by atoms with E-state index in [0.29, 0.717) is 13.2 Å². The number of ether oxygens (including phenoxy) is 2. The standard InChI is InChI=1S/C32H39F2NO2/c1-4-5-6-25-21-23(2)31(24(3)22-25)36-19-20-37-32(28-15-17-35-18-16-28,26-7-11-29(33)12-8-26)27-9-13-30(34)14-10-27/h7-14,21-22,28,35H,4-6,15-20H2,1-3H3. The molecule has 0 saturated carbocycles. The van der Waals surface area contributed by atoms with Crippen LogP contribution < -0.4 is 10.1 Å². The maximum atomic E-state index is 13.9. The van der Waals surface area contributed by atoms with E-state index in [1.54, 1.807) is 24.3 Å².